The van der Waals surface area contributed by atoms with Gasteiger partial charge in [0.25, 0.3) is 0 Å². The zero-order valence-electron chi connectivity index (χ0n) is 10.9. The molecule has 0 fully saturated rings. The van der Waals surface area contributed by atoms with E-state index in [1.54, 1.807) is 11.3 Å². The SMILES string of the molecule is CCNc1nc(-c2ccc3c(c2)[C@@H](C)C(=O)N3)cs1. The van der Waals surface area contributed by atoms with Crippen LogP contribution >= 0.6 is 11.3 Å². The molecule has 1 atom stereocenters. The fourth-order valence-corrected chi connectivity index (χ4v) is 3.01. The van der Waals surface area contributed by atoms with Crippen LogP contribution in [0, 0.1) is 0 Å². The molecule has 0 saturated heterocycles. The quantitative estimate of drug-likeness (QED) is 0.902. The fourth-order valence-electron chi connectivity index (χ4n) is 2.22. The zero-order valence-corrected chi connectivity index (χ0v) is 11.7. The molecule has 1 aromatic carbocycles. The Kier molecular flexibility index (Phi) is 2.98. The van der Waals surface area contributed by atoms with Crippen molar-refractivity contribution in [3.05, 3.63) is 29.1 Å². The van der Waals surface area contributed by atoms with Crippen LogP contribution < -0.4 is 10.6 Å². The highest BCUT2D eigenvalue weighted by Crippen LogP contribution is 2.35. The molecule has 1 aromatic heterocycles. The van der Waals surface area contributed by atoms with E-state index in [-0.39, 0.29) is 11.8 Å². The van der Waals surface area contributed by atoms with E-state index in [0.29, 0.717) is 0 Å². The standard InChI is InChI=1S/C14H15N3OS/c1-3-15-14-17-12(7-19-14)9-4-5-11-10(6-9)8(2)13(18)16-11/h4-8H,3H2,1-2H3,(H,15,17)(H,16,18)/t8-/m1/s1. The summed E-state index contributed by atoms with van der Waals surface area (Å²) in [5.74, 6) is -0.0133. The third kappa shape index (κ3) is 2.10. The van der Waals surface area contributed by atoms with Crippen molar-refractivity contribution < 1.29 is 4.79 Å². The predicted molar refractivity (Wildman–Crippen MR) is 78.8 cm³/mol. The maximum atomic E-state index is 11.6. The molecule has 0 radical (unpaired) electrons. The van der Waals surface area contributed by atoms with Crippen LogP contribution in [0.2, 0.25) is 0 Å². The molecule has 4 nitrogen and oxygen atoms in total. The van der Waals surface area contributed by atoms with Crippen molar-refractivity contribution in [1.29, 1.82) is 0 Å². The van der Waals surface area contributed by atoms with Crippen LogP contribution in [0.3, 0.4) is 0 Å². The van der Waals surface area contributed by atoms with E-state index >= 15 is 0 Å². The van der Waals surface area contributed by atoms with Gasteiger partial charge < -0.3 is 10.6 Å². The number of amides is 1. The van der Waals surface area contributed by atoms with Gasteiger partial charge in [0.15, 0.2) is 5.13 Å². The first kappa shape index (κ1) is 12.2. The van der Waals surface area contributed by atoms with Gasteiger partial charge in [0.05, 0.1) is 11.6 Å². The Balaban J connectivity index is 1.96. The van der Waals surface area contributed by atoms with Crippen molar-refractivity contribution in [2.24, 2.45) is 0 Å². The van der Waals surface area contributed by atoms with Gasteiger partial charge >= 0.3 is 0 Å². The molecule has 19 heavy (non-hydrogen) atoms. The van der Waals surface area contributed by atoms with Crippen molar-refractivity contribution in [1.82, 2.24) is 4.98 Å². The van der Waals surface area contributed by atoms with E-state index in [1.165, 1.54) is 0 Å². The Bertz CT molecular complexity index is 635. The molecule has 1 amide bonds. The van der Waals surface area contributed by atoms with E-state index in [4.69, 9.17) is 0 Å². The number of carbonyl (C=O) groups excluding carboxylic acids is 1. The van der Waals surface area contributed by atoms with Crippen LogP contribution in [-0.4, -0.2) is 17.4 Å². The first-order chi connectivity index (χ1) is 9.19. The van der Waals surface area contributed by atoms with Gasteiger partial charge in [0, 0.05) is 23.2 Å². The van der Waals surface area contributed by atoms with Gasteiger partial charge in [0.1, 0.15) is 0 Å². The summed E-state index contributed by atoms with van der Waals surface area (Å²) in [6.45, 7) is 4.85. The molecule has 0 bridgehead atoms. The van der Waals surface area contributed by atoms with Crippen LogP contribution in [0.5, 0.6) is 0 Å². The lowest BCUT2D eigenvalue weighted by molar-refractivity contribution is -0.116. The maximum absolute atomic E-state index is 11.6. The number of nitrogens with zero attached hydrogens (tertiary/aromatic N) is 1. The minimum Gasteiger partial charge on any atom is -0.362 e. The summed E-state index contributed by atoms with van der Waals surface area (Å²) in [5.41, 5.74) is 3.99. The molecule has 98 valence electrons. The predicted octanol–water partition coefficient (Wildman–Crippen LogP) is 3.30. The molecule has 0 saturated carbocycles. The van der Waals surface area contributed by atoms with E-state index < -0.39 is 0 Å². The van der Waals surface area contributed by atoms with Gasteiger partial charge in [-0.15, -0.1) is 11.3 Å². The zero-order chi connectivity index (χ0) is 13.4. The third-order valence-electron chi connectivity index (χ3n) is 3.30. The Morgan fingerprint density at radius 3 is 3.11 bits per heavy atom. The van der Waals surface area contributed by atoms with Crippen LogP contribution in [0.15, 0.2) is 23.6 Å². The molecular formula is C14H15N3OS. The van der Waals surface area contributed by atoms with Gasteiger partial charge in [-0.05, 0) is 31.5 Å². The molecule has 0 aliphatic carbocycles. The highest BCUT2D eigenvalue weighted by molar-refractivity contribution is 7.14. The summed E-state index contributed by atoms with van der Waals surface area (Å²) in [5, 5.41) is 9.06. The Morgan fingerprint density at radius 2 is 2.32 bits per heavy atom. The number of benzene rings is 1. The van der Waals surface area contributed by atoms with E-state index in [1.807, 2.05) is 24.4 Å². The molecule has 2 N–H and O–H groups in total. The molecule has 0 spiro atoms. The number of hydrogen-bond donors (Lipinski definition) is 2. The Hall–Kier alpha value is -1.88. The molecule has 1 aliphatic heterocycles. The maximum Gasteiger partial charge on any atom is 0.231 e. The van der Waals surface area contributed by atoms with Gasteiger partial charge in [-0.2, -0.15) is 0 Å². The topological polar surface area (TPSA) is 54.0 Å². The number of carbonyl (C=O) groups is 1. The Morgan fingerprint density at radius 1 is 1.47 bits per heavy atom. The molecule has 3 rings (SSSR count). The molecule has 2 aromatic rings. The third-order valence-corrected chi connectivity index (χ3v) is 4.10. The van der Waals surface area contributed by atoms with Crippen molar-refractivity contribution >= 4 is 28.1 Å². The smallest absolute Gasteiger partial charge is 0.231 e. The fraction of sp³-hybridized carbons (Fsp3) is 0.286. The molecule has 1 aliphatic rings. The van der Waals surface area contributed by atoms with E-state index in [2.05, 4.69) is 28.6 Å². The van der Waals surface area contributed by atoms with Crippen molar-refractivity contribution in [3.8, 4) is 11.3 Å². The van der Waals surface area contributed by atoms with Gasteiger partial charge in [-0.1, -0.05) is 6.07 Å². The van der Waals surface area contributed by atoms with Crippen LogP contribution in [0.25, 0.3) is 11.3 Å². The van der Waals surface area contributed by atoms with Crippen molar-refractivity contribution in [2.45, 2.75) is 19.8 Å². The average molecular weight is 273 g/mol. The first-order valence-corrected chi connectivity index (χ1v) is 7.21. The lowest BCUT2D eigenvalue weighted by Gasteiger charge is -2.03. The van der Waals surface area contributed by atoms with Crippen LogP contribution in [-0.2, 0) is 4.79 Å². The largest absolute Gasteiger partial charge is 0.362 e. The second-order valence-electron chi connectivity index (χ2n) is 4.58. The molecular weight excluding hydrogens is 258 g/mol. The normalized spacial score (nSPS) is 17.2. The summed E-state index contributed by atoms with van der Waals surface area (Å²) < 4.78 is 0. The van der Waals surface area contributed by atoms with Gasteiger partial charge in [-0.3, -0.25) is 4.79 Å². The average Bonchev–Trinajstić information content (AvgIpc) is 2.97. The summed E-state index contributed by atoms with van der Waals surface area (Å²) in [7, 11) is 0. The minimum absolute atomic E-state index is 0.0683. The minimum atomic E-state index is -0.0816. The van der Waals surface area contributed by atoms with Gasteiger partial charge in [0.2, 0.25) is 5.91 Å². The lowest BCUT2D eigenvalue weighted by Crippen LogP contribution is -2.08. The van der Waals surface area contributed by atoms with Crippen molar-refractivity contribution in [2.75, 3.05) is 17.2 Å². The molecule has 2 heterocycles. The summed E-state index contributed by atoms with van der Waals surface area (Å²) in [6.07, 6.45) is 0. The number of hydrogen-bond acceptors (Lipinski definition) is 4. The number of rotatable bonds is 3. The van der Waals surface area contributed by atoms with Crippen LogP contribution in [0.1, 0.15) is 25.3 Å². The van der Waals surface area contributed by atoms with E-state index in [9.17, 15) is 4.79 Å². The molecule has 0 unspecified atom stereocenters. The highest BCUT2D eigenvalue weighted by atomic mass is 32.1. The molecule has 5 heteroatoms. The van der Waals surface area contributed by atoms with E-state index in [0.717, 1.165) is 34.2 Å². The second-order valence-corrected chi connectivity index (χ2v) is 5.44. The summed E-state index contributed by atoms with van der Waals surface area (Å²) in [4.78, 5) is 16.2. The van der Waals surface area contributed by atoms with Crippen LogP contribution in [0.4, 0.5) is 10.8 Å². The second kappa shape index (κ2) is 4.66. The number of aromatic nitrogens is 1. The van der Waals surface area contributed by atoms with Crippen molar-refractivity contribution in [3.63, 3.8) is 0 Å². The number of anilines is 2. The summed E-state index contributed by atoms with van der Waals surface area (Å²) in [6, 6.07) is 6.02. The lowest BCUT2D eigenvalue weighted by atomic mass is 10.00. The monoisotopic (exact) mass is 273 g/mol. The summed E-state index contributed by atoms with van der Waals surface area (Å²) >= 11 is 1.60. The number of fused-ring (bicyclic) bond motifs is 1. The number of thiazole rings is 1. The highest BCUT2D eigenvalue weighted by Gasteiger charge is 2.26. The Labute approximate surface area is 115 Å². The van der Waals surface area contributed by atoms with Gasteiger partial charge in [-0.25, -0.2) is 4.98 Å². The number of nitrogens with one attached hydrogen (secondary N) is 2. The first-order valence-electron chi connectivity index (χ1n) is 6.33.